The number of nitrogens with two attached hydrogens (primary N) is 1. The second-order valence-corrected chi connectivity index (χ2v) is 3.69. The zero-order valence-electron chi connectivity index (χ0n) is 9.27. The molecule has 0 radical (unpaired) electrons. The van der Waals surface area contributed by atoms with E-state index in [9.17, 15) is 0 Å². The molecule has 2 N–H and O–H groups in total. The van der Waals surface area contributed by atoms with Gasteiger partial charge < -0.3 is 5.73 Å². The number of hydrogen-bond donors (Lipinski definition) is 1. The highest BCUT2D eigenvalue weighted by Crippen LogP contribution is 2.12. The highest BCUT2D eigenvalue weighted by atomic mass is 14.6. The van der Waals surface area contributed by atoms with Gasteiger partial charge >= 0.3 is 0 Å². The van der Waals surface area contributed by atoms with Crippen molar-refractivity contribution in [3.8, 4) is 11.8 Å². The lowest BCUT2D eigenvalue weighted by atomic mass is 10.1. The Morgan fingerprint density at radius 1 is 1.38 bits per heavy atom. The first kappa shape index (κ1) is 10.7. The van der Waals surface area contributed by atoms with Crippen molar-refractivity contribution in [3.63, 3.8) is 0 Å². The fraction of sp³-hybridized carbons (Fsp3) is 0.214. The van der Waals surface area contributed by atoms with E-state index in [2.05, 4.69) is 16.8 Å². The van der Waals surface area contributed by atoms with Crippen LogP contribution in [0.15, 0.2) is 36.5 Å². The van der Waals surface area contributed by atoms with Crippen molar-refractivity contribution in [1.29, 1.82) is 0 Å². The van der Waals surface area contributed by atoms with Gasteiger partial charge in [-0.2, -0.15) is 0 Å². The third kappa shape index (κ3) is 2.39. The van der Waals surface area contributed by atoms with Crippen LogP contribution >= 0.6 is 0 Å². The van der Waals surface area contributed by atoms with E-state index in [1.807, 2.05) is 37.3 Å². The van der Waals surface area contributed by atoms with Crippen LogP contribution in [0, 0.1) is 11.8 Å². The highest BCUT2D eigenvalue weighted by Gasteiger charge is 1.94. The zero-order valence-corrected chi connectivity index (χ0v) is 9.27. The van der Waals surface area contributed by atoms with E-state index in [1.165, 1.54) is 0 Å². The summed E-state index contributed by atoms with van der Waals surface area (Å²) in [5, 5.41) is 1.11. The summed E-state index contributed by atoms with van der Waals surface area (Å²) in [6.07, 6.45) is 2.67. The normalized spacial score (nSPS) is 11.9. The van der Waals surface area contributed by atoms with Crippen LogP contribution in [0.25, 0.3) is 10.9 Å². The van der Waals surface area contributed by atoms with Crippen molar-refractivity contribution in [2.24, 2.45) is 5.73 Å². The van der Waals surface area contributed by atoms with Crippen molar-refractivity contribution in [3.05, 3.63) is 42.1 Å². The molecule has 0 spiro atoms. The van der Waals surface area contributed by atoms with E-state index in [1.54, 1.807) is 6.20 Å². The number of pyridine rings is 1. The Balaban J connectivity index is 2.35. The fourth-order valence-corrected chi connectivity index (χ4v) is 1.43. The molecule has 0 amide bonds. The summed E-state index contributed by atoms with van der Waals surface area (Å²) in [5.74, 6) is 6.11. The summed E-state index contributed by atoms with van der Waals surface area (Å²) < 4.78 is 0. The van der Waals surface area contributed by atoms with Gasteiger partial charge in [-0.3, -0.25) is 4.98 Å². The molecular formula is C14H14N2. The van der Waals surface area contributed by atoms with Crippen molar-refractivity contribution in [2.45, 2.75) is 19.4 Å². The molecule has 16 heavy (non-hydrogen) atoms. The van der Waals surface area contributed by atoms with Gasteiger partial charge in [0.05, 0.1) is 11.6 Å². The molecule has 0 saturated carbocycles. The average Bonchev–Trinajstić information content (AvgIpc) is 2.35. The molecular weight excluding hydrogens is 196 g/mol. The number of nitrogens with zero attached hydrogens (tertiary/aromatic N) is 1. The van der Waals surface area contributed by atoms with Crippen molar-refractivity contribution < 1.29 is 0 Å². The van der Waals surface area contributed by atoms with Gasteiger partial charge in [0.2, 0.25) is 0 Å². The lowest BCUT2D eigenvalue weighted by Crippen LogP contribution is -2.15. The second-order valence-electron chi connectivity index (χ2n) is 3.69. The molecule has 2 heteroatoms. The van der Waals surface area contributed by atoms with E-state index in [0.29, 0.717) is 0 Å². The van der Waals surface area contributed by atoms with Crippen LogP contribution in [0.3, 0.4) is 0 Å². The topological polar surface area (TPSA) is 38.9 Å². The van der Waals surface area contributed by atoms with E-state index >= 15 is 0 Å². The maximum Gasteiger partial charge on any atom is 0.0702 e. The first-order valence-corrected chi connectivity index (χ1v) is 5.41. The molecule has 2 aromatic rings. The SMILES string of the molecule is CCC(N)C#Cc1ccc2ncccc2c1. The maximum absolute atomic E-state index is 5.75. The van der Waals surface area contributed by atoms with Gasteiger partial charge in [-0.05, 0) is 30.7 Å². The predicted molar refractivity (Wildman–Crippen MR) is 66.9 cm³/mol. The minimum absolute atomic E-state index is 0.0374. The Labute approximate surface area is 95.5 Å². The first-order chi connectivity index (χ1) is 7.79. The molecule has 2 rings (SSSR count). The second kappa shape index (κ2) is 4.78. The molecule has 0 aliphatic heterocycles. The molecule has 0 aliphatic carbocycles. The molecule has 1 unspecified atom stereocenters. The summed E-state index contributed by atoms with van der Waals surface area (Å²) in [6, 6.07) is 9.92. The highest BCUT2D eigenvalue weighted by molar-refractivity contribution is 5.79. The van der Waals surface area contributed by atoms with Crippen molar-refractivity contribution >= 4 is 10.9 Å². The Morgan fingerprint density at radius 2 is 2.25 bits per heavy atom. The van der Waals surface area contributed by atoms with Gasteiger partial charge in [0.1, 0.15) is 0 Å². The molecule has 1 atom stereocenters. The summed E-state index contributed by atoms with van der Waals surface area (Å²) in [5.41, 5.74) is 7.73. The van der Waals surface area contributed by atoms with Crippen molar-refractivity contribution in [1.82, 2.24) is 4.98 Å². The fourth-order valence-electron chi connectivity index (χ4n) is 1.43. The van der Waals surface area contributed by atoms with E-state index in [4.69, 9.17) is 5.73 Å². The Kier molecular flexibility index (Phi) is 3.19. The molecule has 80 valence electrons. The number of fused-ring (bicyclic) bond motifs is 1. The van der Waals surface area contributed by atoms with Crippen LogP contribution in [-0.2, 0) is 0 Å². The summed E-state index contributed by atoms with van der Waals surface area (Å²) in [4.78, 5) is 4.26. The molecule has 0 bridgehead atoms. The smallest absolute Gasteiger partial charge is 0.0702 e. The van der Waals surface area contributed by atoms with Gasteiger partial charge in [-0.25, -0.2) is 0 Å². The summed E-state index contributed by atoms with van der Waals surface area (Å²) in [7, 11) is 0. The number of benzene rings is 1. The molecule has 0 saturated heterocycles. The number of aromatic nitrogens is 1. The Hall–Kier alpha value is -1.85. The zero-order chi connectivity index (χ0) is 11.4. The quantitative estimate of drug-likeness (QED) is 0.734. The molecule has 0 aliphatic rings. The van der Waals surface area contributed by atoms with Gasteiger partial charge in [-0.1, -0.05) is 24.8 Å². The van der Waals surface area contributed by atoms with Gasteiger partial charge in [-0.15, -0.1) is 0 Å². The Bertz CT molecular complexity index is 549. The summed E-state index contributed by atoms with van der Waals surface area (Å²) in [6.45, 7) is 2.03. The summed E-state index contributed by atoms with van der Waals surface area (Å²) >= 11 is 0. The molecule has 1 aromatic heterocycles. The van der Waals surface area contributed by atoms with E-state index < -0.39 is 0 Å². The van der Waals surface area contributed by atoms with E-state index in [-0.39, 0.29) is 6.04 Å². The maximum atomic E-state index is 5.75. The van der Waals surface area contributed by atoms with Crippen LogP contribution in [0.5, 0.6) is 0 Å². The molecule has 1 aromatic carbocycles. The standard InChI is InChI=1S/C14H14N2/c1-2-13(15)7-5-11-6-8-14-12(10-11)4-3-9-16-14/h3-4,6,8-10,13H,2,15H2,1H3. The van der Waals surface area contributed by atoms with Crippen LogP contribution in [-0.4, -0.2) is 11.0 Å². The molecule has 0 fully saturated rings. The minimum atomic E-state index is -0.0374. The van der Waals surface area contributed by atoms with Gasteiger partial charge in [0.25, 0.3) is 0 Å². The number of hydrogen-bond acceptors (Lipinski definition) is 2. The monoisotopic (exact) mass is 210 g/mol. The lowest BCUT2D eigenvalue weighted by Gasteiger charge is -1.98. The van der Waals surface area contributed by atoms with Crippen LogP contribution in [0.2, 0.25) is 0 Å². The minimum Gasteiger partial charge on any atom is -0.318 e. The predicted octanol–water partition coefficient (Wildman–Crippen LogP) is 2.32. The van der Waals surface area contributed by atoms with Crippen molar-refractivity contribution in [2.75, 3.05) is 0 Å². The van der Waals surface area contributed by atoms with Crippen LogP contribution in [0.1, 0.15) is 18.9 Å². The average molecular weight is 210 g/mol. The Morgan fingerprint density at radius 3 is 3.06 bits per heavy atom. The third-order valence-corrected chi connectivity index (χ3v) is 2.44. The molecule has 1 heterocycles. The van der Waals surface area contributed by atoms with Gasteiger partial charge in [0.15, 0.2) is 0 Å². The van der Waals surface area contributed by atoms with Crippen LogP contribution in [0.4, 0.5) is 0 Å². The van der Waals surface area contributed by atoms with E-state index in [0.717, 1.165) is 22.9 Å². The first-order valence-electron chi connectivity index (χ1n) is 5.41. The number of rotatable bonds is 1. The largest absolute Gasteiger partial charge is 0.318 e. The molecule has 2 nitrogen and oxygen atoms in total. The third-order valence-electron chi connectivity index (χ3n) is 2.44. The van der Waals surface area contributed by atoms with Gasteiger partial charge in [0, 0.05) is 17.1 Å². The lowest BCUT2D eigenvalue weighted by molar-refractivity contribution is 0.806. The van der Waals surface area contributed by atoms with Crippen LogP contribution < -0.4 is 5.73 Å².